The maximum Gasteiger partial charge on any atom is 0.433 e. The Bertz CT molecular complexity index is 790. The zero-order valence-electron chi connectivity index (χ0n) is 13.6. The summed E-state index contributed by atoms with van der Waals surface area (Å²) in [6.07, 6.45) is -1.76. The number of carbonyl (C=O) groups is 1. The van der Waals surface area contributed by atoms with Gasteiger partial charge >= 0.3 is 12.1 Å². The minimum atomic E-state index is -4.48. The number of aryl methyl sites for hydroxylation is 1. The van der Waals surface area contributed by atoms with Crippen LogP contribution in [0, 0.1) is 0 Å². The molecule has 1 atom stereocenters. The summed E-state index contributed by atoms with van der Waals surface area (Å²) in [6, 6.07) is 8.12. The predicted octanol–water partition coefficient (Wildman–Crippen LogP) is 3.66. The summed E-state index contributed by atoms with van der Waals surface area (Å²) in [5, 5.41) is 3.16. The Morgan fingerprint density at radius 2 is 2.16 bits per heavy atom. The van der Waals surface area contributed by atoms with Gasteiger partial charge < -0.3 is 10.1 Å². The third-order valence-electron chi connectivity index (χ3n) is 4.34. The van der Waals surface area contributed by atoms with Crippen LogP contribution in [-0.4, -0.2) is 18.1 Å². The Morgan fingerprint density at radius 1 is 1.36 bits per heavy atom. The van der Waals surface area contributed by atoms with E-state index in [9.17, 15) is 18.0 Å². The Labute approximate surface area is 143 Å². The van der Waals surface area contributed by atoms with E-state index in [2.05, 4.69) is 10.3 Å². The van der Waals surface area contributed by atoms with Crippen molar-refractivity contribution in [3.63, 3.8) is 0 Å². The SMILES string of the molecule is COC(=O)c1ccc2c(c1)C(NCc1cccnc1C(F)(F)F)CC2. The van der Waals surface area contributed by atoms with Gasteiger partial charge in [-0.3, -0.25) is 4.98 Å². The molecular formula is C18H17F3N2O2. The van der Waals surface area contributed by atoms with Gasteiger partial charge in [-0.15, -0.1) is 0 Å². The molecule has 7 heteroatoms. The Balaban J connectivity index is 1.78. The molecule has 0 aliphatic heterocycles. The van der Waals surface area contributed by atoms with E-state index in [1.807, 2.05) is 6.07 Å². The normalized spacial score (nSPS) is 16.6. The molecule has 0 bridgehead atoms. The van der Waals surface area contributed by atoms with Crippen molar-refractivity contribution in [3.8, 4) is 0 Å². The number of nitrogens with zero attached hydrogens (tertiary/aromatic N) is 1. The third-order valence-corrected chi connectivity index (χ3v) is 4.34. The van der Waals surface area contributed by atoms with Gasteiger partial charge in [-0.05, 0) is 47.7 Å². The number of aromatic nitrogens is 1. The van der Waals surface area contributed by atoms with Gasteiger partial charge in [0, 0.05) is 18.8 Å². The first kappa shape index (κ1) is 17.4. The van der Waals surface area contributed by atoms with Crippen molar-refractivity contribution >= 4 is 5.97 Å². The summed E-state index contributed by atoms with van der Waals surface area (Å²) >= 11 is 0. The second-order valence-corrected chi connectivity index (χ2v) is 5.89. The van der Waals surface area contributed by atoms with Crippen LogP contribution >= 0.6 is 0 Å². The molecule has 1 aliphatic rings. The first-order valence-electron chi connectivity index (χ1n) is 7.85. The number of hydrogen-bond acceptors (Lipinski definition) is 4. The molecule has 2 aromatic rings. The Morgan fingerprint density at radius 3 is 2.88 bits per heavy atom. The van der Waals surface area contributed by atoms with Gasteiger partial charge in [-0.1, -0.05) is 12.1 Å². The second kappa shape index (κ2) is 6.84. The molecule has 4 nitrogen and oxygen atoms in total. The number of nitrogens with one attached hydrogen (secondary N) is 1. The van der Waals surface area contributed by atoms with Crippen LogP contribution in [0.5, 0.6) is 0 Å². The number of alkyl halides is 3. The van der Waals surface area contributed by atoms with Crippen molar-refractivity contribution in [2.24, 2.45) is 0 Å². The lowest BCUT2D eigenvalue weighted by molar-refractivity contribution is -0.141. The average molecular weight is 350 g/mol. The summed E-state index contributed by atoms with van der Waals surface area (Å²) < 4.78 is 43.8. The predicted molar refractivity (Wildman–Crippen MR) is 84.9 cm³/mol. The molecule has 1 aromatic carbocycles. The van der Waals surface area contributed by atoms with Crippen LogP contribution in [0.25, 0.3) is 0 Å². The van der Waals surface area contributed by atoms with Crippen molar-refractivity contribution in [2.75, 3.05) is 7.11 Å². The Hall–Kier alpha value is -2.41. The molecule has 25 heavy (non-hydrogen) atoms. The van der Waals surface area contributed by atoms with E-state index in [1.54, 1.807) is 12.1 Å². The van der Waals surface area contributed by atoms with Crippen molar-refractivity contribution in [1.29, 1.82) is 0 Å². The van der Waals surface area contributed by atoms with E-state index < -0.39 is 17.8 Å². The smallest absolute Gasteiger partial charge is 0.433 e. The van der Waals surface area contributed by atoms with Crippen molar-refractivity contribution in [2.45, 2.75) is 31.6 Å². The van der Waals surface area contributed by atoms with Gasteiger partial charge in [-0.25, -0.2) is 4.79 Å². The quantitative estimate of drug-likeness (QED) is 0.855. The monoisotopic (exact) mass is 350 g/mol. The lowest BCUT2D eigenvalue weighted by atomic mass is 10.0. The van der Waals surface area contributed by atoms with Gasteiger partial charge in [-0.2, -0.15) is 13.2 Å². The summed E-state index contributed by atoms with van der Waals surface area (Å²) in [7, 11) is 1.31. The third kappa shape index (κ3) is 3.66. The molecule has 3 rings (SSSR count). The molecule has 1 heterocycles. The van der Waals surface area contributed by atoms with E-state index in [1.165, 1.54) is 19.2 Å². The zero-order valence-corrected chi connectivity index (χ0v) is 13.6. The van der Waals surface area contributed by atoms with E-state index in [-0.39, 0.29) is 18.2 Å². The van der Waals surface area contributed by atoms with Crippen molar-refractivity contribution in [1.82, 2.24) is 10.3 Å². The first-order chi connectivity index (χ1) is 11.9. The van der Waals surface area contributed by atoms with E-state index in [0.717, 1.165) is 30.2 Å². The van der Waals surface area contributed by atoms with E-state index in [4.69, 9.17) is 4.74 Å². The number of hydrogen-bond donors (Lipinski definition) is 1. The molecule has 0 radical (unpaired) electrons. The number of halogens is 3. The molecule has 0 spiro atoms. The molecule has 1 aromatic heterocycles. The van der Waals surface area contributed by atoms with Gasteiger partial charge in [0.25, 0.3) is 0 Å². The van der Waals surface area contributed by atoms with Gasteiger partial charge in [0.2, 0.25) is 0 Å². The Kier molecular flexibility index (Phi) is 4.76. The fourth-order valence-corrected chi connectivity index (χ4v) is 3.13. The number of esters is 1. The van der Waals surface area contributed by atoms with Crippen LogP contribution in [0.2, 0.25) is 0 Å². The van der Waals surface area contributed by atoms with Crippen LogP contribution in [-0.2, 0) is 23.9 Å². The molecule has 132 valence electrons. The molecule has 0 fully saturated rings. The van der Waals surface area contributed by atoms with Crippen LogP contribution in [0.1, 0.15) is 45.2 Å². The maximum absolute atomic E-state index is 13.0. The fourth-order valence-electron chi connectivity index (χ4n) is 3.13. The number of methoxy groups -OCH3 is 1. The number of benzene rings is 1. The van der Waals surface area contributed by atoms with Crippen molar-refractivity contribution < 1.29 is 22.7 Å². The van der Waals surface area contributed by atoms with Crippen LogP contribution < -0.4 is 5.32 Å². The van der Waals surface area contributed by atoms with Crippen LogP contribution in [0.4, 0.5) is 13.2 Å². The number of rotatable bonds is 4. The first-order valence-corrected chi connectivity index (χ1v) is 7.85. The summed E-state index contributed by atoms with van der Waals surface area (Å²) in [4.78, 5) is 15.1. The number of fused-ring (bicyclic) bond motifs is 1. The van der Waals surface area contributed by atoms with E-state index >= 15 is 0 Å². The maximum atomic E-state index is 13.0. The van der Waals surface area contributed by atoms with Crippen LogP contribution in [0.15, 0.2) is 36.5 Å². The fraction of sp³-hybridized carbons (Fsp3) is 0.333. The highest BCUT2D eigenvalue weighted by atomic mass is 19.4. The van der Waals surface area contributed by atoms with E-state index in [0.29, 0.717) is 5.56 Å². The highest BCUT2D eigenvalue weighted by Gasteiger charge is 2.35. The number of ether oxygens (including phenoxy) is 1. The number of carbonyl (C=O) groups excluding carboxylic acids is 1. The summed E-state index contributed by atoms with van der Waals surface area (Å²) in [6.45, 7) is 0.0508. The molecule has 0 saturated heterocycles. The van der Waals surface area contributed by atoms with Gasteiger partial charge in [0.15, 0.2) is 0 Å². The number of pyridine rings is 1. The van der Waals surface area contributed by atoms with Gasteiger partial charge in [0.05, 0.1) is 12.7 Å². The average Bonchev–Trinajstić information content (AvgIpc) is 3.01. The molecule has 0 amide bonds. The highest BCUT2D eigenvalue weighted by Crippen LogP contribution is 2.34. The molecule has 0 saturated carbocycles. The molecule has 1 aliphatic carbocycles. The lowest BCUT2D eigenvalue weighted by Gasteiger charge is -2.17. The zero-order chi connectivity index (χ0) is 18.0. The van der Waals surface area contributed by atoms with Crippen LogP contribution in [0.3, 0.4) is 0 Å². The summed E-state index contributed by atoms with van der Waals surface area (Å²) in [5.74, 6) is -0.430. The lowest BCUT2D eigenvalue weighted by Crippen LogP contribution is -2.22. The molecule has 1 N–H and O–H groups in total. The highest BCUT2D eigenvalue weighted by molar-refractivity contribution is 5.89. The summed E-state index contributed by atoms with van der Waals surface area (Å²) in [5.41, 5.74) is 1.69. The topological polar surface area (TPSA) is 51.2 Å². The minimum Gasteiger partial charge on any atom is -0.465 e. The minimum absolute atomic E-state index is 0.0508. The second-order valence-electron chi connectivity index (χ2n) is 5.89. The van der Waals surface area contributed by atoms with Gasteiger partial charge in [0.1, 0.15) is 5.69 Å². The largest absolute Gasteiger partial charge is 0.465 e. The molecule has 1 unspecified atom stereocenters. The molecular weight excluding hydrogens is 333 g/mol. The standard InChI is InChI=1S/C18H17F3N2O2/c1-25-17(24)12-5-4-11-6-7-15(14(11)9-12)23-10-13-3-2-8-22-16(13)18(19,20)21/h2-5,8-9,15,23H,6-7,10H2,1H3. The van der Waals surface area contributed by atoms with Crippen molar-refractivity contribution in [3.05, 3.63) is 64.5 Å².